The largest absolute Gasteiger partial charge is 0.462 e. The smallest absolute Gasteiger partial charge is 0.319 e. The van der Waals surface area contributed by atoms with Crippen LogP contribution < -0.4 is 17.2 Å². The van der Waals surface area contributed by atoms with Gasteiger partial charge in [0.15, 0.2) is 0 Å². The average molecular weight is 133 g/mol. The topological polar surface area (TPSA) is 104 Å². The van der Waals surface area contributed by atoms with Gasteiger partial charge in [-0.1, -0.05) is 0 Å². The molecular weight excluding hydrogens is 122 g/mol. The zero-order valence-corrected chi connectivity index (χ0v) is 5.04. The van der Waals surface area contributed by atoms with E-state index in [2.05, 4.69) is 4.74 Å². The third-order valence-electron chi connectivity index (χ3n) is 0.603. The minimum absolute atomic E-state index is 0.0238. The Balaban J connectivity index is 3.17. The van der Waals surface area contributed by atoms with Crippen LogP contribution in [0.15, 0.2) is 0 Å². The fourth-order valence-electron chi connectivity index (χ4n) is 0.248. The lowest BCUT2D eigenvalue weighted by molar-refractivity contribution is -0.142. The van der Waals surface area contributed by atoms with E-state index in [-0.39, 0.29) is 13.2 Å². The van der Waals surface area contributed by atoms with Gasteiger partial charge in [-0.15, -0.1) is 0 Å². The van der Waals surface area contributed by atoms with E-state index in [9.17, 15) is 4.79 Å². The molecule has 0 aliphatic carbocycles. The highest BCUT2D eigenvalue weighted by Gasteiger charge is 1.99. The third kappa shape index (κ3) is 5.22. The maximum Gasteiger partial charge on any atom is 0.319 e. The van der Waals surface area contributed by atoms with Crippen LogP contribution in [0.2, 0.25) is 0 Å². The predicted octanol–water partition coefficient (Wildman–Crippen LogP) is -2.27. The molecule has 0 radical (unpaired) electrons. The highest BCUT2D eigenvalue weighted by Crippen LogP contribution is 1.74. The number of carbonyl (C=O) groups excluding carboxylic acids is 1. The van der Waals surface area contributed by atoms with Crippen LogP contribution in [0.1, 0.15) is 0 Å². The molecule has 0 aliphatic heterocycles. The number of carbonyl (C=O) groups is 1. The van der Waals surface area contributed by atoms with Crippen LogP contribution >= 0.6 is 0 Å². The first-order valence-electron chi connectivity index (χ1n) is 2.53. The van der Waals surface area contributed by atoms with E-state index in [1.54, 1.807) is 0 Å². The summed E-state index contributed by atoms with van der Waals surface area (Å²) in [6, 6.07) is 0. The molecule has 0 bridgehead atoms. The van der Waals surface area contributed by atoms with E-state index in [4.69, 9.17) is 17.2 Å². The highest BCUT2D eigenvalue weighted by atomic mass is 16.5. The van der Waals surface area contributed by atoms with Crippen LogP contribution in [-0.2, 0) is 9.53 Å². The molecule has 0 saturated carbocycles. The Labute approximate surface area is 53.1 Å². The Bertz CT molecular complexity index is 93.8. The fraction of sp³-hybridized carbons (Fsp3) is 0.750. The van der Waals surface area contributed by atoms with Crippen molar-refractivity contribution in [3.63, 3.8) is 0 Å². The van der Waals surface area contributed by atoms with Crippen LogP contribution in [0.3, 0.4) is 0 Å². The lowest BCUT2D eigenvalue weighted by atomic mass is 10.6. The highest BCUT2D eigenvalue weighted by molar-refractivity contribution is 5.71. The van der Waals surface area contributed by atoms with Crippen molar-refractivity contribution in [2.45, 2.75) is 6.17 Å². The fourth-order valence-corrected chi connectivity index (χ4v) is 0.248. The quantitative estimate of drug-likeness (QED) is 0.297. The Kier molecular flexibility index (Phi) is 3.94. The summed E-state index contributed by atoms with van der Waals surface area (Å²) in [5.41, 5.74) is 15.0. The van der Waals surface area contributed by atoms with Crippen LogP contribution in [0.25, 0.3) is 0 Å². The average Bonchev–Trinajstić information content (AvgIpc) is 1.83. The predicted molar refractivity (Wildman–Crippen MR) is 32.2 cm³/mol. The zero-order valence-electron chi connectivity index (χ0n) is 5.04. The van der Waals surface area contributed by atoms with Gasteiger partial charge in [0.1, 0.15) is 6.61 Å². The van der Waals surface area contributed by atoms with Crippen LogP contribution in [0.5, 0.6) is 0 Å². The summed E-state index contributed by atoms with van der Waals surface area (Å²) in [4.78, 5) is 10.3. The van der Waals surface area contributed by atoms with Crippen molar-refractivity contribution in [3.05, 3.63) is 0 Å². The van der Waals surface area contributed by atoms with Gasteiger partial charge < -0.3 is 21.9 Å². The molecule has 0 spiro atoms. The summed E-state index contributed by atoms with van der Waals surface area (Å²) < 4.78 is 4.44. The second kappa shape index (κ2) is 4.25. The van der Waals surface area contributed by atoms with Gasteiger partial charge in [0.05, 0.1) is 12.7 Å². The number of hydrogen-bond donors (Lipinski definition) is 3. The SMILES string of the molecule is NCC(=O)OCC(N)N. The molecule has 5 heteroatoms. The van der Waals surface area contributed by atoms with Gasteiger partial charge in [-0.3, -0.25) is 4.79 Å². The molecule has 0 aliphatic rings. The van der Waals surface area contributed by atoms with Crippen molar-refractivity contribution in [3.8, 4) is 0 Å². The van der Waals surface area contributed by atoms with Crippen molar-refractivity contribution in [2.24, 2.45) is 17.2 Å². The van der Waals surface area contributed by atoms with Crippen molar-refractivity contribution < 1.29 is 9.53 Å². The molecule has 0 aromatic heterocycles. The summed E-state index contributed by atoms with van der Waals surface area (Å²) in [5, 5.41) is 0. The molecule has 0 saturated heterocycles. The van der Waals surface area contributed by atoms with Crippen molar-refractivity contribution in [2.75, 3.05) is 13.2 Å². The van der Waals surface area contributed by atoms with Crippen molar-refractivity contribution in [1.82, 2.24) is 0 Å². The monoisotopic (exact) mass is 133 g/mol. The summed E-state index contributed by atoms with van der Waals surface area (Å²) in [5.74, 6) is -0.490. The van der Waals surface area contributed by atoms with Crippen LogP contribution in [0.4, 0.5) is 0 Å². The molecule has 0 aromatic rings. The lowest BCUT2D eigenvalue weighted by Gasteiger charge is -2.04. The maximum absolute atomic E-state index is 10.3. The number of hydrogen-bond acceptors (Lipinski definition) is 5. The minimum Gasteiger partial charge on any atom is -0.462 e. The van der Waals surface area contributed by atoms with Crippen LogP contribution in [-0.4, -0.2) is 25.3 Å². The lowest BCUT2D eigenvalue weighted by Crippen LogP contribution is -2.37. The maximum atomic E-state index is 10.3. The Morgan fingerprint density at radius 1 is 1.56 bits per heavy atom. The molecule has 0 aromatic carbocycles. The first-order valence-corrected chi connectivity index (χ1v) is 2.53. The van der Waals surface area contributed by atoms with E-state index in [0.717, 1.165) is 0 Å². The normalized spacial score (nSPS) is 9.78. The number of esters is 1. The van der Waals surface area contributed by atoms with Gasteiger partial charge in [0.2, 0.25) is 0 Å². The van der Waals surface area contributed by atoms with Gasteiger partial charge in [0.25, 0.3) is 0 Å². The van der Waals surface area contributed by atoms with E-state index >= 15 is 0 Å². The molecular formula is C4H11N3O2. The summed E-state index contributed by atoms with van der Waals surface area (Å²) in [6.45, 7) is -0.108. The summed E-state index contributed by atoms with van der Waals surface area (Å²) in [7, 11) is 0. The minimum atomic E-state index is -0.611. The van der Waals surface area contributed by atoms with Crippen molar-refractivity contribution >= 4 is 5.97 Å². The second-order valence-electron chi connectivity index (χ2n) is 1.55. The van der Waals surface area contributed by atoms with Gasteiger partial charge in [0, 0.05) is 0 Å². The first-order chi connectivity index (χ1) is 4.16. The summed E-state index contributed by atoms with van der Waals surface area (Å²) >= 11 is 0. The number of rotatable bonds is 3. The molecule has 6 N–H and O–H groups in total. The second-order valence-corrected chi connectivity index (χ2v) is 1.55. The first kappa shape index (κ1) is 8.35. The van der Waals surface area contributed by atoms with E-state index in [1.165, 1.54) is 0 Å². The van der Waals surface area contributed by atoms with Gasteiger partial charge in [-0.05, 0) is 0 Å². The molecule has 9 heavy (non-hydrogen) atoms. The number of nitrogens with two attached hydrogens (primary N) is 3. The van der Waals surface area contributed by atoms with E-state index in [0.29, 0.717) is 0 Å². The molecule has 0 fully saturated rings. The molecule has 5 nitrogen and oxygen atoms in total. The standard InChI is InChI=1S/C4H11N3O2/c5-1-4(8)9-2-3(6)7/h3H,1-2,5-7H2. The molecule has 54 valence electrons. The van der Waals surface area contributed by atoms with Crippen molar-refractivity contribution in [1.29, 1.82) is 0 Å². The zero-order chi connectivity index (χ0) is 7.28. The Hall–Kier alpha value is -0.650. The Morgan fingerprint density at radius 3 is 2.44 bits per heavy atom. The molecule has 0 heterocycles. The van der Waals surface area contributed by atoms with Crippen LogP contribution in [0, 0.1) is 0 Å². The Morgan fingerprint density at radius 2 is 2.11 bits per heavy atom. The number of ether oxygens (including phenoxy) is 1. The molecule has 0 rings (SSSR count). The molecule has 0 unspecified atom stereocenters. The molecule has 0 amide bonds. The van der Waals surface area contributed by atoms with Gasteiger partial charge >= 0.3 is 5.97 Å². The van der Waals surface area contributed by atoms with E-state index < -0.39 is 12.1 Å². The molecule has 0 atom stereocenters. The van der Waals surface area contributed by atoms with Gasteiger partial charge in [-0.2, -0.15) is 0 Å². The van der Waals surface area contributed by atoms with E-state index in [1.807, 2.05) is 0 Å². The summed E-state index contributed by atoms with van der Waals surface area (Å²) in [6.07, 6.45) is -0.611. The van der Waals surface area contributed by atoms with Gasteiger partial charge in [-0.25, -0.2) is 0 Å². The third-order valence-corrected chi connectivity index (χ3v) is 0.603.